The van der Waals surface area contributed by atoms with Gasteiger partial charge in [-0.15, -0.1) is 0 Å². The first kappa shape index (κ1) is 17.1. The molecule has 9 heteroatoms. The Morgan fingerprint density at radius 2 is 2.12 bits per heavy atom. The van der Waals surface area contributed by atoms with E-state index in [4.69, 9.17) is 5.14 Å². The van der Waals surface area contributed by atoms with Crippen LogP contribution in [0, 0.1) is 0 Å². The molecule has 1 aliphatic carbocycles. The zero-order valence-electron chi connectivity index (χ0n) is 13.6. The highest BCUT2D eigenvalue weighted by Gasteiger charge is 2.33. The van der Waals surface area contributed by atoms with Gasteiger partial charge in [-0.2, -0.15) is 0 Å². The summed E-state index contributed by atoms with van der Waals surface area (Å²) in [5.74, 6) is -0.296. The maximum Gasteiger partial charge on any atom is 0.249 e. The fourth-order valence-electron chi connectivity index (χ4n) is 3.05. The molecule has 0 spiro atoms. The van der Waals surface area contributed by atoms with E-state index in [2.05, 4.69) is 15.3 Å². The highest BCUT2D eigenvalue weighted by molar-refractivity contribution is 8.37. The maximum atomic E-state index is 11.7. The second-order valence-electron chi connectivity index (χ2n) is 6.12. The van der Waals surface area contributed by atoms with Gasteiger partial charge in [-0.1, -0.05) is 28.7 Å². The van der Waals surface area contributed by atoms with Crippen molar-refractivity contribution in [2.45, 2.75) is 18.2 Å². The van der Waals surface area contributed by atoms with E-state index >= 15 is 0 Å². The quantitative estimate of drug-likeness (QED) is 0.461. The highest BCUT2D eigenvalue weighted by Crippen LogP contribution is 2.35. The molecule has 4 rings (SSSR count). The summed E-state index contributed by atoms with van der Waals surface area (Å²) in [5.41, 5.74) is 6.86. The van der Waals surface area contributed by atoms with Crippen LogP contribution in [0.15, 0.2) is 57.7 Å². The molecule has 2 heterocycles. The molecule has 0 aromatic heterocycles. The minimum Gasteiger partial charge on any atom is -0.322 e. The summed E-state index contributed by atoms with van der Waals surface area (Å²) < 4.78 is 22.3. The van der Waals surface area contributed by atoms with Crippen LogP contribution in [0.2, 0.25) is 0 Å². The summed E-state index contributed by atoms with van der Waals surface area (Å²) in [7, 11) is -3.92. The number of nitrogens with two attached hydrogens (primary N) is 1. The third-order valence-corrected chi connectivity index (χ3v) is 6.58. The van der Waals surface area contributed by atoms with Crippen molar-refractivity contribution in [3.8, 4) is 0 Å². The lowest BCUT2D eigenvalue weighted by Gasteiger charge is -2.19. The number of benzene rings is 1. The smallest absolute Gasteiger partial charge is 0.249 e. The number of hydrogen-bond acceptors (Lipinski definition) is 5. The van der Waals surface area contributed by atoms with Crippen molar-refractivity contribution in [2.75, 3.05) is 0 Å². The molecule has 26 heavy (non-hydrogen) atoms. The third kappa shape index (κ3) is 3.46. The summed E-state index contributed by atoms with van der Waals surface area (Å²) in [6, 6.07) is 6.97. The topological polar surface area (TPSA) is 114 Å². The van der Waals surface area contributed by atoms with E-state index < -0.39 is 10.0 Å². The van der Waals surface area contributed by atoms with E-state index in [0.29, 0.717) is 11.3 Å². The number of sulfonamides is 1. The predicted molar refractivity (Wildman–Crippen MR) is 105 cm³/mol. The first-order valence-corrected chi connectivity index (χ1v) is 10.9. The van der Waals surface area contributed by atoms with Gasteiger partial charge in [-0.05, 0) is 24.1 Å². The molecule has 134 valence electrons. The van der Waals surface area contributed by atoms with Crippen LogP contribution in [-0.4, -0.2) is 36.3 Å². The van der Waals surface area contributed by atoms with Gasteiger partial charge in [0.2, 0.25) is 15.9 Å². The van der Waals surface area contributed by atoms with Gasteiger partial charge >= 0.3 is 0 Å². The van der Waals surface area contributed by atoms with Gasteiger partial charge in [0.15, 0.2) is 0 Å². The average Bonchev–Trinajstić information content (AvgIpc) is 3.14. The molecule has 2 atom stereocenters. The number of amides is 1. The number of carbonyl (C=O) groups is 1. The first-order chi connectivity index (χ1) is 12.4. The Labute approximate surface area is 153 Å². The number of aliphatic imine (C=N–C) groups is 2. The zero-order valence-corrected chi connectivity index (χ0v) is 15.3. The largest absolute Gasteiger partial charge is 0.322 e. The van der Waals surface area contributed by atoms with Crippen LogP contribution in [0.3, 0.4) is 0 Å². The van der Waals surface area contributed by atoms with Crippen LogP contribution in [0.5, 0.6) is 0 Å². The number of primary sulfonamides is 1. The van der Waals surface area contributed by atoms with Crippen LogP contribution < -0.4 is 10.5 Å². The number of allylic oxidation sites excluding steroid dienone is 1. The molecule has 3 N–H and O–H groups in total. The summed E-state index contributed by atoms with van der Waals surface area (Å²) in [5, 5.41) is 7.89. The molecule has 2 aliphatic heterocycles. The van der Waals surface area contributed by atoms with E-state index in [0.717, 1.165) is 22.6 Å². The minimum atomic E-state index is -3.54. The van der Waals surface area contributed by atoms with E-state index in [1.54, 1.807) is 30.3 Å². The van der Waals surface area contributed by atoms with Crippen LogP contribution >= 0.6 is 10.5 Å². The molecule has 1 amide bonds. The Balaban J connectivity index is 1.59. The Hall–Kier alpha value is -2.36. The van der Waals surface area contributed by atoms with E-state index in [-0.39, 0.29) is 28.2 Å². The molecule has 0 fully saturated rings. The Kier molecular flexibility index (Phi) is 4.22. The molecule has 1 aromatic carbocycles. The van der Waals surface area contributed by atoms with Crippen molar-refractivity contribution < 1.29 is 13.2 Å². The first-order valence-electron chi connectivity index (χ1n) is 7.88. The van der Waals surface area contributed by atoms with Crippen LogP contribution in [0.4, 0.5) is 5.69 Å². The van der Waals surface area contributed by atoms with Crippen molar-refractivity contribution in [3.63, 3.8) is 0 Å². The van der Waals surface area contributed by atoms with E-state index in [1.165, 1.54) is 0 Å². The molecule has 3 aliphatic rings. The van der Waals surface area contributed by atoms with Gasteiger partial charge < -0.3 is 5.32 Å². The number of fused-ring (bicyclic) bond motifs is 3. The van der Waals surface area contributed by atoms with Crippen molar-refractivity contribution in [1.82, 2.24) is 5.32 Å². The third-order valence-electron chi connectivity index (χ3n) is 4.16. The molecule has 0 radical (unpaired) electrons. The van der Waals surface area contributed by atoms with Crippen LogP contribution in [-0.2, 0) is 20.6 Å². The maximum absolute atomic E-state index is 11.7. The standard InChI is InChI=1S/C17H16N4O3S2/c18-26(23,24)8-11-1-3-12(4-2-11)19-9-25-10-20-15-6-5-14-13(17(15)25)7-16(22)21-14/h1-5,7,9-10,15H,6,8H2,(H,21,22)(H2,18,23,24). The van der Waals surface area contributed by atoms with Gasteiger partial charge in [0, 0.05) is 22.2 Å². The van der Waals surface area contributed by atoms with Gasteiger partial charge in [0.05, 0.1) is 28.6 Å². The lowest BCUT2D eigenvalue weighted by molar-refractivity contribution is -0.115. The van der Waals surface area contributed by atoms with Crippen molar-refractivity contribution in [3.05, 3.63) is 53.3 Å². The number of nitrogens with zero attached hydrogens (tertiary/aromatic N) is 2. The number of nitrogens with one attached hydrogen (secondary N) is 1. The number of carbonyl (C=O) groups excluding carboxylic acids is 1. The van der Waals surface area contributed by atoms with Gasteiger partial charge in [0.25, 0.3) is 0 Å². The number of hydrogen-bond donors (Lipinski definition) is 2. The normalized spacial score (nSPS) is 24.3. The molecule has 0 saturated heterocycles. The molecular formula is C17H16N4O3S2. The molecule has 7 nitrogen and oxygen atoms in total. The number of rotatable bonds is 4. The molecule has 0 bridgehead atoms. The SMILES string of the molecule is NS(=O)(=O)Cc1ccc(N=CS2=C3C4=CC(=O)NC4=CCC3N=C2)cc1. The van der Waals surface area contributed by atoms with Crippen molar-refractivity contribution >= 4 is 48.1 Å². The molecular weight excluding hydrogens is 372 g/mol. The van der Waals surface area contributed by atoms with Crippen LogP contribution in [0.25, 0.3) is 0 Å². The fraction of sp³-hybridized carbons (Fsp3) is 0.176. The Bertz CT molecular complexity index is 1050. The molecule has 1 aromatic rings. The van der Waals surface area contributed by atoms with Gasteiger partial charge in [-0.3, -0.25) is 14.8 Å². The monoisotopic (exact) mass is 388 g/mol. The molecule has 0 saturated carbocycles. The minimum absolute atomic E-state index is 0.0737. The second kappa shape index (κ2) is 6.42. The fourth-order valence-corrected chi connectivity index (χ4v) is 5.39. The van der Waals surface area contributed by atoms with Gasteiger partial charge in [-0.25, -0.2) is 13.6 Å². The summed E-state index contributed by atoms with van der Waals surface area (Å²) >= 11 is 0. The zero-order chi connectivity index (χ0) is 18.3. The lowest BCUT2D eigenvalue weighted by Crippen LogP contribution is -2.25. The van der Waals surface area contributed by atoms with Crippen LogP contribution in [0.1, 0.15) is 12.0 Å². The Morgan fingerprint density at radius 1 is 1.35 bits per heavy atom. The summed E-state index contributed by atoms with van der Waals surface area (Å²) in [4.78, 5) is 21.8. The van der Waals surface area contributed by atoms with Crippen molar-refractivity contribution in [1.29, 1.82) is 0 Å². The molecule has 2 unspecified atom stereocenters. The lowest BCUT2D eigenvalue weighted by atomic mass is 9.95. The average molecular weight is 388 g/mol. The van der Waals surface area contributed by atoms with E-state index in [9.17, 15) is 13.2 Å². The van der Waals surface area contributed by atoms with E-state index in [1.807, 2.05) is 17.2 Å². The van der Waals surface area contributed by atoms with Crippen molar-refractivity contribution in [2.24, 2.45) is 15.1 Å². The summed E-state index contributed by atoms with van der Waals surface area (Å²) in [6.45, 7) is 0. The summed E-state index contributed by atoms with van der Waals surface area (Å²) in [6.07, 6.45) is 4.41. The van der Waals surface area contributed by atoms with Gasteiger partial charge in [0.1, 0.15) is 0 Å². The highest BCUT2D eigenvalue weighted by atomic mass is 32.2. The predicted octanol–water partition coefficient (Wildman–Crippen LogP) is 1.33. The Morgan fingerprint density at radius 3 is 2.85 bits per heavy atom. The second-order valence-corrected chi connectivity index (χ2v) is 9.33.